The number of aryl methyl sites for hydroxylation is 2. The van der Waals surface area contributed by atoms with Gasteiger partial charge in [0.15, 0.2) is 0 Å². The summed E-state index contributed by atoms with van der Waals surface area (Å²) in [6.07, 6.45) is 1.07. The number of anilines is 3. The molecular weight excluding hydrogens is 316 g/mol. The summed E-state index contributed by atoms with van der Waals surface area (Å²) in [5, 5.41) is 6.56. The van der Waals surface area contributed by atoms with Crippen molar-refractivity contribution in [3.8, 4) is 0 Å². The van der Waals surface area contributed by atoms with Crippen molar-refractivity contribution in [2.75, 3.05) is 17.2 Å². The van der Waals surface area contributed by atoms with Gasteiger partial charge in [-0.25, -0.2) is 4.98 Å². The largest absolute Gasteiger partial charge is 0.370 e. The average molecular weight is 335 g/mol. The molecule has 0 atom stereocenters. The van der Waals surface area contributed by atoms with Crippen LogP contribution in [0.15, 0.2) is 28.7 Å². The lowest BCUT2D eigenvalue weighted by atomic mass is 10.2. The molecule has 1 heterocycles. The van der Waals surface area contributed by atoms with Crippen LogP contribution in [0.4, 0.5) is 17.5 Å². The van der Waals surface area contributed by atoms with Crippen LogP contribution in [0, 0.1) is 13.8 Å². The van der Waals surface area contributed by atoms with Gasteiger partial charge >= 0.3 is 0 Å². The van der Waals surface area contributed by atoms with Gasteiger partial charge in [-0.05, 0) is 44.0 Å². The van der Waals surface area contributed by atoms with E-state index in [9.17, 15) is 0 Å². The average Bonchev–Trinajstić information content (AvgIpc) is 2.39. The maximum Gasteiger partial charge on any atom is 0.229 e. The SMILES string of the molecule is CCCNc1cc(C)nc(Nc2ccc(Br)cc2C)n1. The molecule has 0 aliphatic heterocycles. The van der Waals surface area contributed by atoms with E-state index in [-0.39, 0.29) is 0 Å². The van der Waals surface area contributed by atoms with Crippen molar-refractivity contribution in [1.29, 1.82) is 0 Å². The first-order chi connectivity index (χ1) is 9.58. The van der Waals surface area contributed by atoms with E-state index in [4.69, 9.17) is 0 Å². The summed E-state index contributed by atoms with van der Waals surface area (Å²) in [7, 11) is 0. The van der Waals surface area contributed by atoms with E-state index < -0.39 is 0 Å². The molecule has 2 rings (SSSR count). The molecule has 0 saturated carbocycles. The lowest BCUT2D eigenvalue weighted by molar-refractivity contribution is 0.962. The second kappa shape index (κ2) is 6.70. The Morgan fingerprint density at radius 2 is 1.95 bits per heavy atom. The molecule has 0 spiro atoms. The van der Waals surface area contributed by atoms with Gasteiger partial charge in [0.1, 0.15) is 5.82 Å². The van der Waals surface area contributed by atoms with Gasteiger partial charge in [-0.1, -0.05) is 22.9 Å². The normalized spacial score (nSPS) is 10.4. The lowest BCUT2D eigenvalue weighted by Crippen LogP contribution is -2.06. The van der Waals surface area contributed by atoms with Gasteiger partial charge in [0.2, 0.25) is 5.95 Å². The third-order valence-electron chi connectivity index (χ3n) is 2.85. The van der Waals surface area contributed by atoms with Crippen molar-refractivity contribution in [3.63, 3.8) is 0 Å². The van der Waals surface area contributed by atoms with E-state index in [1.165, 1.54) is 0 Å². The Morgan fingerprint density at radius 1 is 1.15 bits per heavy atom. The van der Waals surface area contributed by atoms with Crippen LogP contribution < -0.4 is 10.6 Å². The number of nitrogens with one attached hydrogen (secondary N) is 2. The second-order valence-electron chi connectivity index (χ2n) is 4.73. The highest BCUT2D eigenvalue weighted by Crippen LogP contribution is 2.23. The predicted octanol–water partition coefficient (Wildman–Crippen LogP) is 4.42. The van der Waals surface area contributed by atoms with E-state index in [1.807, 2.05) is 25.1 Å². The molecule has 0 unspecified atom stereocenters. The summed E-state index contributed by atoms with van der Waals surface area (Å²) in [5.41, 5.74) is 3.10. The van der Waals surface area contributed by atoms with Crippen LogP contribution in [-0.2, 0) is 0 Å². The van der Waals surface area contributed by atoms with Gasteiger partial charge in [0.05, 0.1) is 0 Å². The van der Waals surface area contributed by atoms with Crippen LogP contribution in [0.1, 0.15) is 24.6 Å². The van der Waals surface area contributed by atoms with Crippen LogP contribution >= 0.6 is 15.9 Å². The molecule has 4 nitrogen and oxygen atoms in total. The quantitative estimate of drug-likeness (QED) is 0.849. The smallest absolute Gasteiger partial charge is 0.229 e. The molecule has 0 saturated heterocycles. The lowest BCUT2D eigenvalue weighted by Gasteiger charge is -2.11. The second-order valence-corrected chi connectivity index (χ2v) is 5.64. The van der Waals surface area contributed by atoms with Crippen molar-refractivity contribution < 1.29 is 0 Å². The highest BCUT2D eigenvalue weighted by atomic mass is 79.9. The van der Waals surface area contributed by atoms with E-state index in [0.717, 1.165) is 40.2 Å². The van der Waals surface area contributed by atoms with Crippen molar-refractivity contribution in [2.24, 2.45) is 0 Å². The summed E-state index contributed by atoms with van der Waals surface area (Å²) < 4.78 is 1.07. The van der Waals surface area contributed by atoms with E-state index in [1.54, 1.807) is 0 Å². The molecule has 0 bridgehead atoms. The fourth-order valence-electron chi connectivity index (χ4n) is 1.86. The first kappa shape index (κ1) is 14.8. The number of aromatic nitrogens is 2. The summed E-state index contributed by atoms with van der Waals surface area (Å²) >= 11 is 3.46. The Labute approximate surface area is 128 Å². The zero-order chi connectivity index (χ0) is 14.5. The molecule has 0 aliphatic rings. The first-order valence-electron chi connectivity index (χ1n) is 6.71. The number of halogens is 1. The number of benzene rings is 1. The standard InChI is InChI=1S/C15H19BrN4/c1-4-7-17-14-9-11(3)18-15(20-14)19-13-6-5-12(16)8-10(13)2/h5-6,8-9H,4,7H2,1-3H3,(H2,17,18,19,20). The van der Waals surface area contributed by atoms with Gasteiger partial charge in [-0.2, -0.15) is 4.98 Å². The highest BCUT2D eigenvalue weighted by Gasteiger charge is 2.04. The third-order valence-corrected chi connectivity index (χ3v) is 3.34. The molecule has 1 aromatic carbocycles. The fraction of sp³-hybridized carbons (Fsp3) is 0.333. The summed E-state index contributed by atoms with van der Waals surface area (Å²) in [6.45, 7) is 7.07. The molecule has 106 valence electrons. The molecular formula is C15H19BrN4. The predicted molar refractivity (Wildman–Crippen MR) is 87.7 cm³/mol. The van der Waals surface area contributed by atoms with Crippen molar-refractivity contribution >= 4 is 33.4 Å². The summed E-state index contributed by atoms with van der Waals surface area (Å²) in [4.78, 5) is 8.91. The first-order valence-corrected chi connectivity index (χ1v) is 7.50. The van der Waals surface area contributed by atoms with E-state index >= 15 is 0 Å². The number of nitrogens with zero attached hydrogens (tertiary/aromatic N) is 2. The molecule has 2 aromatic rings. The van der Waals surface area contributed by atoms with Gasteiger partial charge in [-0.15, -0.1) is 0 Å². The Balaban J connectivity index is 2.21. The maximum absolute atomic E-state index is 4.48. The summed E-state index contributed by atoms with van der Waals surface area (Å²) in [6, 6.07) is 8.04. The van der Waals surface area contributed by atoms with Crippen LogP contribution in [0.3, 0.4) is 0 Å². The topological polar surface area (TPSA) is 49.8 Å². The van der Waals surface area contributed by atoms with E-state index in [2.05, 4.69) is 56.4 Å². The van der Waals surface area contributed by atoms with Crippen molar-refractivity contribution in [2.45, 2.75) is 27.2 Å². The Hall–Kier alpha value is -1.62. The van der Waals surface area contributed by atoms with Crippen LogP contribution in [0.25, 0.3) is 0 Å². The zero-order valence-corrected chi connectivity index (χ0v) is 13.6. The molecule has 0 aliphatic carbocycles. The van der Waals surface area contributed by atoms with Gasteiger partial charge in [0.25, 0.3) is 0 Å². The molecule has 2 N–H and O–H groups in total. The molecule has 0 fully saturated rings. The molecule has 0 radical (unpaired) electrons. The minimum atomic E-state index is 0.619. The third kappa shape index (κ3) is 3.93. The summed E-state index contributed by atoms with van der Waals surface area (Å²) in [5.74, 6) is 1.48. The molecule has 0 amide bonds. The van der Waals surface area contributed by atoms with Crippen molar-refractivity contribution in [1.82, 2.24) is 9.97 Å². The number of rotatable bonds is 5. The van der Waals surface area contributed by atoms with Crippen molar-refractivity contribution in [3.05, 3.63) is 40.0 Å². The minimum Gasteiger partial charge on any atom is -0.370 e. The fourth-order valence-corrected chi connectivity index (χ4v) is 2.33. The number of hydrogen-bond acceptors (Lipinski definition) is 4. The van der Waals surface area contributed by atoms with Crippen LogP contribution in [0.5, 0.6) is 0 Å². The molecule has 20 heavy (non-hydrogen) atoms. The maximum atomic E-state index is 4.48. The Morgan fingerprint density at radius 3 is 2.65 bits per heavy atom. The molecule has 5 heteroatoms. The van der Waals surface area contributed by atoms with Gasteiger partial charge in [0, 0.05) is 28.5 Å². The van der Waals surface area contributed by atoms with E-state index in [0.29, 0.717) is 5.95 Å². The number of hydrogen-bond donors (Lipinski definition) is 2. The highest BCUT2D eigenvalue weighted by molar-refractivity contribution is 9.10. The molecule has 1 aromatic heterocycles. The van der Waals surface area contributed by atoms with Gasteiger partial charge < -0.3 is 10.6 Å². The van der Waals surface area contributed by atoms with Crippen LogP contribution in [0.2, 0.25) is 0 Å². The Kier molecular flexibility index (Phi) is 4.95. The zero-order valence-electron chi connectivity index (χ0n) is 12.0. The Bertz CT molecular complexity index is 598. The minimum absolute atomic E-state index is 0.619. The van der Waals surface area contributed by atoms with Crippen LogP contribution in [-0.4, -0.2) is 16.5 Å². The van der Waals surface area contributed by atoms with Gasteiger partial charge in [-0.3, -0.25) is 0 Å². The monoisotopic (exact) mass is 334 g/mol.